The molecule has 0 saturated heterocycles. The first-order valence-corrected chi connectivity index (χ1v) is 6.21. The van der Waals surface area contributed by atoms with Crippen LogP contribution in [-0.4, -0.2) is 8.42 Å². The number of hydrogen-bond acceptors (Lipinski definition) is 2. The van der Waals surface area contributed by atoms with Crippen LogP contribution < -0.4 is 18.9 Å². The molecule has 16 heavy (non-hydrogen) atoms. The van der Waals surface area contributed by atoms with E-state index in [1.165, 1.54) is 0 Å². The summed E-state index contributed by atoms with van der Waals surface area (Å²) in [6.45, 7) is 5.79. The monoisotopic (exact) mass is 230 g/mol. The third-order valence-corrected chi connectivity index (χ3v) is 3.02. The van der Waals surface area contributed by atoms with Crippen LogP contribution in [0.15, 0.2) is 41.3 Å². The Kier molecular flexibility index (Phi) is 5.55. The van der Waals surface area contributed by atoms with E-state index >= 15 is 0 Å². The van der Waals surface area contributed by atoms with Gasteiger partial charge in [0, 0.05) is 14.7 Å². The van der Waals surface area contributed by atoms with Gasteiger partial charge in [0.2, 0.25) is 0 Å². The largest absolute Gasteiger partial charge is 1.00 e. The minimum absolute atomic E-state index is 0. The number of sulfone groups is 1. The second-order valence-electron chi connectivity index (χ2n) is 4.44. The maximum Gasteiger partial charge on any atom is 1.00 e. The third-order valence-electron chi connectivity index (χ3n) is 1.70. The smallest absolute Gasteiger partial charge is 0.362 e. The van der Waals surface area contributed by atoms with Gasteiger partial charge < -0.3 is 5.41 Å². The summed E-state index contributed by atoms with van der Waals surface area (Å²) in [6.07, 6.45) is 1.58. The Labute approximate surface area is 110 Å². The molecule has 0 N–H and O–H groups in total. The van der Waals surface area contributed by atoms with Gasteiger partial charge in [0.25, 0.3) is 0 Å². The molecule has 0 aliphatic carbocycles. The van der Waals surface area contributed by atoms with Crippen molar-refractivity contribution >= 4 is 9.84 Å². The predicted molar refractivity (Wildman–Crippen MR) is 60.9 cm³/mol. The molecule has 0 heterocycles. The molecule has 0 radical (unpaired) electrons. The van der Waals surface area contributed by atoms with Gasteiger partial charge in [-0.3, -0.25) is 14.5 Å². The minimum Gasteiger partial charge on any atom is -0.362 e. The standard InChI is InChI=1S/C12H15O2S.Li/c1-12(2,3)9-10-15(13,14)11-7-5-4-6-8-11;/h4-9H,1-3H3;/q-1;+1. The zero-order chi connectivity index (χ0) is 11.5. The van der Waals surface area contributed by atoms with Gasteiger partial charge in [-0.1, -0.05) is 44.4 Å². The Morgan fingerprint density at radius 3 is 2.06 bits per heavy atom. The first-order chi connectivity index (χ1) is 6.81. The zero-order valence-corrected chi connectivity index (χ0v) is 11.0. The second-order valence-corrected chi connectivity index (χ2v) is 6.16. The Balaban J connectivity index is 0.00000225. The summed E-state index contributed by atoms with van der Waals surface area (Å²) in [4.78, 5) is 0.283. The molecule has 4 heteroatoms. The van der Waals surface area contributed by atoms with Crippen molar-refractivity contribution in [3.8, 4) is 0 Å². The molecule has 0 saturated carbocycles. The van der Waals surface area contributed by atoms with Gasteiger partial charge in [0.1, 0.15) is 0 Å². The van der Waals surface area contributed by atoms with Crippen LogP contribution in [-0.2, 0) is 9.84 Å². The molecule has 0 fully saturated rings. The summed E-state index contributed by atoms with van der Waals surface area (Å²) in [5, 5.41) is 2.46. The van der Waals surface area contributed by atoms with E-state index in [1.54, 1.807) is 36.4 Å². The van der Waals surface area contributed by atoms with Crippen LogP contribution in [0.4, 0.5) is 0 Å². The molecule has 82 valence electrons. The molecule has 1 aromatic carbocycles. The van der Waals surface area contributed by atoms with Crippen molar-refractivity contribution in [2.24, 2.45) is 5.41 Å². The molecule has 0 amide bonds. The number of rotatable bonds is 2. The Morgan fingerprint density at radius 1 is 1.12 bits per heavy atom. The van der Waals surface area contributed by atoms with E-state index in [4.69, 9.17) is 0 Å². The van der Waals surface area contributed by atoms with Crippen molar-refractivity contribution < 1.29 is 27.3 Å². The molecule has 0 unspecified atom stereocenters. The SMILES string of the molecule is CC(C)(C)C=[C-]S(=O)(=O)c1ccccc1.[Li+]. The maximum absolute atomic E-state index is 11.7. The van der Waals surface area contributed by atoms with E-state index < -0.39 is 9.84 Å². The summed E-state index contributed by atoms with van der Waals surface area (Å²) in [5.41, 5.74) is -0.179. The van der Waals surface area contributed by atoms with Gasteiger partial charge in [-0.25, -0.2) is 0 Å². The zero-order valence-electron chi connectivity index (χ0n) is 10.2. The first kappa shape index (κ1) is 15.5. The van der Waals surface area contributed by atoms with E-state index in [-0.39, 0.29) is 29.2 Å². The van der Waals surface area contributed by atoms with E-state index in [0.29, 0.717) is 0 Å². The molecule has 2 nitrogen and oxygen atoms in total. The number of benzene rings is 1. The molecule has 0 aliphatic heterocycles. The molecule has 0 aliphatic rings. The average molecular weight is 230 g/mol. The van der Waals surface area contributed by atoms with Crippen molar-refractivity contribution in [3.05, 3.63) is 41.8 Å². The molecule has 0 atom stereocenters. The Bertz CT molecular complexity index is 442. The van der Waals surface area contributed by atoms with Crippen LogP contribution in [0.25, 0.3) is 0 Å². The fraction of sp³-hybridized carbons (Fsp3) is 0.333. The Morgan fingerprint density at radius 2 is 1.62 bits per heavy atom. The fourth-order valence-corrected chi connectivity index (χ4v) is 2.08. The van der Waals surface area contributed by atoms with Crippen LogP contribution in [0.3, 0.4) is 0 Å². The number of allylic oxidation sites excluding steroid dienone is 1. The summed E-state index contributed by atoms with van der Waals surface area (Å²) in [5.74, 6) is 0. The van der Waals surface area contributed by atoms with Gasteiger partial charge >= 0.3 is 18.9 Å². The van der Waals surface area contributed by atoms with Crippen LogP contribution in [0.1, 0.15) is 20.8 Å². The Hall–Kier alpha value is -0.493. The summed E-state index contributed by atoms with van der Waals surface area (Å²) >= 11 is 0. The van der Waals surface area contributed by atoms with Crippen molar-refractivity contribution in [3.63, 3.8) is 0 Å². The molecule has 0 aromatic heterocycles. The molecular weight excluding hydrogens is 215 g/mol. The van der Waals surface area contributed by atoms with Gasteiger partial charge in [-0.2, -0.15) is 0 Å². The van der Waals surface area contributed by atoms with E-state index in [2.05, 4.69) is 5.41 Å². The normalized spacial score (nSPS) is 12.4. The van der Waals surface area contributed by atoms with Crippen LogP contribution in [0, 0.1) is 10.8 Å². The molecule has 0 bridgehead atoms. The quantitative estimate of drug-likeness (QED) is 0.522. The van der Waals surface area contributed by atoms with Crippen molar-refractivity contribution in [2.75, 3.05) is 0 Å². The van der Waals surface area contributed by atoms with E-state index in [9.17, 15) is 8.42 Å². The first-order valence-electron chi connectivity index (χ1n) is 4.73. The minimum atomic E-state index is -3.40. The van der Waals surface area contributed by atoms with Gasteiger partial charge in [0.05, 0.1) is 0 Å². The van der Waals surface area contributed by atoms with Gasteiger partial charge in [0.15, 0.2) is 0 Å². The van der Waals surface area contributed by atoms with Crippen LogP contribution in [0.2, 0.25) is 0 Å². The number of hydrogen-bond donors (Lipinski definition) is 0. The second kappa shape index (κ2) is 5.72. The third kappa shape index (κ3) is 5.02. The van der Waals surface area contributed by atoms with Crippen molar-refractivity contribution in [1.82, 2.24) is 0 Å². The summed E-state index contributed by atoms with van der Waals surface area (Å²) < 4.78 is 23.5. The van der Waals surface area contributed by atoms with Gasteiger partial charge in [-0.05, 0) is 12.1 Å². The van der Waals surface area contributed by atoms with Gasteiger partial charge in [-0.15, -0.1) is 0 Å². The molecular formula is C12H15LiO2S. The van der Waals surface area contributed by atoms with Crippen molar-refractivity contribution in [1.29, 1.82) is 0 Å². The van der Waals surface area contributed by atoms with E-state index in [1.807, 2.05) is 20.8 Å². The maximum atomic E-state index is 11.7. The average Bonchev–Trinajstić information content (AvgIpc) is 2.16. The predicted octanol–water partition coefficient (Wildman–Crippen LogP) is -0.173. The molecule has 1 aromatic rings. The van der Waals surface area contributed by atoms with Crippen LogP contribution >= 0.6 is 0 Å². The van der Waals surface area contributed by atoms with Crippen molar-refractivity contribution in [2.45, 2.75) is 25.7 Å². The summed E-state index contributed by atoms with van der Waals surface area (Å²) in [7, 11) is -3.40. The topological polar surface area (TPSA) is 34.1 Å². The summed E-state index contributed by atoms with van der Waals surface area (Å²) in [6, 6.07) is 8.32. The molecule has 0 spiro atoms. The molecule has 1 rings (SSSR count). The van der Waals surface area contributed by atoms with E-state index in [0.717, 1.165) is 0 Å². The fourth-order valence-electron chi connectivity index (χ4n) is 0.922. The van der Waals surface area contributed by atoms with Crippen LogP contribution in [0.5, 0.6) is 0 Å².